The second-order valence-corrected chi connectivity index (χ2v) is 5.19. The van der Waals surface area contributed by atoms with E-state index < -0.39 is 0 Å². The molecule has 0 amide bonds. The highest BCUT2D eigenvalue weighted by Crippen LogP contribution is 2.20. The van der Waals surface area contributed by atoms with Crippen LogP contribution in [0, 0.1) is 0 Å². The number of morpholine rings is 1. The van der Waals surface area contributed by atoms with E-state index in [0.717, 1.165) is 26.3 Å². The number of benzene rings is 1. The number of hydrogen-bond donors (Lipinski definition) is 1. The standard InChI is InChI=1S/C16H26N2O/c1-2-3-5-10-16(15-8-6-4-7-9-15)17-18-11-13-19-14-12-18/h4,6-9,16-17H,2-3,5,10-14H2,1H3. The molecule has 2 rings (SSSR count). The van der Waals surface area contributed by atoms with Crippen LogP contribution in [0.1, 0.15) is 44.2 Å². The van der Waals surface area contributed by atoms with Gasteiger partial charge < -0.3 is 4.74 Å². The molecule has 0 aliphatic carbocycles. The van der Waals surface area contributed by atoms with Gasteiger partial charge in [-0.1, -0.05) is 56.5 Å². The Bertz CT molecular complexity index is 336. The van der Waals surface area contributed by atoms with E-state index in [4.69, 9.17) is 4.74 Å². The smallest absolute Gasteiger partial charge is 0.0608 e. The zero-order valence-corrected chi connectivity index (χ0v) is 12.0. The summed E-state index contributed by atoms with van der Waals surface area (Å²) in [5.74, 6) is 0. The topological polar surface area (TPSA) is 24.5 Å². The predicted molar refractivity (Wildman–Crippen MR) is 78.9 cm³/mol. The first-order valence-electron chi connectivity index (χ1n) is 7.54. The van der Waals surface area contributed by atoms with Crippen LogP contribution in [-0.4, -0.2) is 31.3 Å². The molecule has 1 atom stereocenters. The van der Waals surface area contributed by atoms with Crippen LogP contribution in [0.5, 0.6) is 0 Å². The number of nitrogens with zero attached hydrogens (tertiary/aromatic N) is 1. The Hall–Kier alpha value is -0.900. The van der Waals surface area contributed by atoms with Crippen molar-refractivity contribution in [2.24, 2.45) is 0 Å². The van der Waals surface area contributed by atoms with E-state index in [1.165, 1.54) is 31.2 Å². The predicted octanol–water partition coefficient (Wildman–Crippen LogP) is 3.14. The largest absolute Gasteiger partial charge is 0.379 e. The van der Waals surface area contributed by atoms with E-state index in [-0.39, 0.29) is 0 Å². The number of rotatable bonds is 7. The summed E-state index contributed by atoms with van der Waals surface area (Å²) in [7, 11) is 0. The third kappa shape index (κ3) is 4.94. The molecule has 0 spiro atoms. The van der Waals surface area contributed by atoms with E-state index in [1.807, 2.05) is 0 Å². The number of unbranched alkanes of at least 4 members (excludes halogenated alkanes) is 2. The van der Waals surface area contributed by atoms with Crippen molar-refractivity contribution >= 4 is 0 Å². The molecule has 1 fully saturated rings. The molecule has 1 aromatic rings. The van der Waals surface area contributed by atoms with Gasteiger partial charge in [-0.2, -0.15) is 0 Å². The maximum atomic E-state index is 5.40. The Balaban J connectivity index is 1.92. The second-order valence-electron chi connectivity index (χ2n) is 5.19. The van der Waals surface area contributed by atoms with Crippen molar-refractivity contribution in [3.05, 3.63) is 35.9 Å². The fourth-order valence-corrected chi connectivity index (χ4v) is 2.50. The number of hydrogen-bond acceptors (Lipinski definition) is 3. The lowest BCUT2D eigenvalue weighted by atomic mass is 10.0. The highest BCUT2D eigenvalue weighted by atomic mass is 16.5. The minimum absolute atomic E-state index is 0.436. The van der Waals surface area contributed by atoms with Crippen LogP contribution in [0.15, 0.2) is 30.3 Å². The fraction of sp³-hybridized carbons (Fsp3) is 0.625. The van der Waals surface area contributed by atoms with Crippen LogP contribution < -0.4 is 5.43 Å². The molecule has 1 saturated heterocycles. The molecule has 1 aromatic carbocycles. The first kappa shape index (κ1) is 14.5. The molecule has 1 unspecified atom stereocenters. The van der Waals surface area contributed by atoms with Crippen molar-refractivity contribution in [3.63, 3.8) is 0 Å². The highest BCUT2D eigenvalue weighted by Gasteiger charge is 2.16. The van der Waals surface area contributed by atoms with Gasteiger partial charge in [0.05, 0.1) is 13.2 Å². The normalized spacial score (nSPS) is 18.4. The summed E-state index contributed by atoms with van der Waals surface area (Å²) in [6, 6.07) is 11.2. The van der Waals surface area contributed by atoms with Gasteiger partial charge >= 0.3 is 0 Å². The molecule has 1 aliphatic heterocycles. The van der Waals surface area contributed by atoms with Crippen molar-refractivity contribution in [1.82, 2.24) is 10.4 Å². The van der Waals surface area contributed by atoms with Crippen LogP contribution in [0.25, 0.3) is 0 Å². The molecule has 19 heavy (non-hydrogen) atoms. The van der Waals surface area contributed by atoms with E-state index in [0.29, 0.717) is 6.04 Å². The first-order valence-corrected chi connectivity index (χ1v) is 7.54. The second kappa shape index (κ2) is 8.31. The van der Waals surface area contributed by atoms with Gasteiger partial charge in [0.15, 0.2) is 0 Å². The van der Waals surface area contributed by atoms with Crippen molar-refractivity contribution in [2.75, 3.05) is 26.3 Å². The molecule has 0 radical (unpaired) electrons. The fourth-order valence-electron chi connectivity index (χ4n) is 2.50. The minimum atomic E-state index is 0.436. The summed E-state index contributed by atoms with van der Waals surface area (Å²) in [6.45, 7) is 5.90. The Morgan fingerprint density at radius 1 is 1.16 bits per heavy atom. The van der Waals surface area contributed by atoms with Crippen LogP contribution in [0.4, 0.5) is 0 Å². The molecule has 0 bridgehead atoms. The van der Waals surface area contributed by atoms with Gasteiger partial charge in [-0.05, 0) is 12.0 Å². The maximum absolute atomic E-state index is 5.40. The van der Waals surface area contributed by atoms with Crippen LogP contribution in [0.3, 0.4) is 0 Å². The van der Waals surface area contributed by atoms with Gasteiger partial charge in [0.25, 0.3) is 0 Å². The molecule has 3 heteroatoms. The van der Waals surface area contributed by atoms with Crippen molar-refractivity contribution in [2.45, 2.75) is 38.6 Å². The van der Waals surface area contributed by atoms with E-state index >= 15 is 0 Å². The lowest BCUT2D eigenvalue weighted by Gasteiger charge is -2.32. The van der Waals surface area contributed by atoms with Gasteiger partial charge in [-0.25, -0.2) is 10.4 Å². The number of nitrogens with one attached hydrogen (secondary N) is 1. The molecule has 106 valence electrons. The summed E-state index contributed by atoms with van der Waals surface area (Å²) in [5, 5.41) is 2.31. The zero-order valence-electron chi connectivity index (χ0n) is 12.0. The Labute approximate surface area is 116 Å². The summed E-state index contributed by atoms with van der Waals surface area (Å²) < 4.78 is 5.40. The van der Waals surface area contributed by atoms with Crippen molar-refractivity contribution in [3.8, 4) is 0 Å². The van der Waals surface area contributed by atoms with Gasteiger partial charge in [-0.15, -0.1) is 0 Å². The van der Waals surface area contributed by atoms with Crippen LogP contribution >= 0.6 is 0 Å². The SMILES string of the molecule is CCCCCC(NN1CCOCC1)c1ccccc1. The molecular formula is C16H26N2O. The molecule has 1 aliphatic rings. The van der Waals surface area contributed by atoms with Gasteiger partial charge in [0.1, 0.15) is 0 Å². The lowest BCUT2D eigenvalue weighted by molar-refractivity contribution is 0.00238. The highest BCUT2D eigenvalue weighted by molar-refractivity contribution is 5.18. The molecule has 0 saturated carbocycles. The number of ether oxygens (including phenoxy) is 1. The molecule has 0 aromatic heterocycles. The van der Waals surface area contributed by atoms with E-state index in [9.17, 15) is 0 Å². The maximum Gasteiger partial charge on any atom is 0.0608 e. The van der Waals surface area contributed by atoms with E-state index in [2.05, 4.69) is 47.7 Å². The van der Waals surface area contributed by atoms with Crippen LogP contribution in [-0.2, 0) is 4.74 Å². The van der Waals surface area contributed by atoms with E-state index in [1.54, 1.807) is 0 Å². The Morgan fingerprint density at radius 3 is 2.58 bits per heavy atom. The minimum Gasteiger partial charge on any atom is -0.379 e. The van der Waals surface area contributed by atoms with Crippen molar-refractivity contribution in [1.29, 1.82) is 0 Å². The summed E-state index contributed by atoms with van der Waals surface area (Å²) in [6.07, 6.45) is 5.08. The molecule has 1 N–H and O–H groups in total. The van der Waals surface area contributed by atoms with Gasteiger partial charge in [0, 0.05) is 19.1 Å². The third-order valence-electron chi connectivity index (χ3n) is 3.65. The Kier molecular flexibility index (Phi) is 6.34. The van der Waals surface area contributed by atoms with Gasteiger partial charge in [0.2, 0.25) is 0 Å². The monoisotopic (exact) mass is 262 g/mol. The summed E-state index contributed by atoms with van der Waals surface area (Å²) in [5.41, 5.74) is 5.08. The summed E-state index contributed by atoms with van der Waals surface area (Å²) in [4.78, 5) is 0. The van der Waals surface area contributed by atoms with Crippen LogP contribution in [0.2, 0.25) is 0 Å². The Morgan fingerprint density at radius 2 is 1.89 bits per heavy atom. The molecule has 3 nitrogen and oxygen atoms in total. The van der Waals surface area contributed by atoms with Crippen molar-refractivity contribution < 1.29 is 4.74 Å². The number of hydrazine groups is 1. The molecular weight excluding hydrogens is 236 g/mol. The van der Waals surface area contributed by atoms with Gasteiger partial charge in [-0.3, -0.25) is 0 Å². The lowest BCUT2D eigenvalue weighted by Crippen LogP contribution is -2.47. The quantitative estimate of drug-likeness (QED) is 0.764. The average molecular weight is 262 g/mol. The zero-order chi connectivity index (χ0) is 13.3. The first-order chi connectivity index (χ1) is 9.40. The molecule has 1 heterocycles. The average Bonchev–Trinajstić information content (AvgIpc) is 2.48. The third-order valence-corrected chi connectivity index (χ3v) is 3.65. The summed E-state index contributed by atoms with van der Waals surface area (Å²) >= 11 is 0.